The van der Waals surface area contributed by atoms with Crippen LogP contribution in [0.1, 0.15) is 12.0 Å². The standard InChI is InChI=1S/C13H15NO5/c14-10(7-8-1-3-9(15)4-2-8)12(16)11-5-6-18-13(17)19-11/h1-4,10-11,15H,5-7,14H2/t10-,11?/m0/s1. The van der Waals surface area contributed by atoms with Crippen molar-refractivity contribution in [3.63, 3.8) is 0 Å². The first-order chi connectivity index (χ1) is 9.06. The number of phenolic OH excluding ortho intramolecular Hbond substituents is 1. The molecule has 1 fully saturated rings. The molecule has 0 spiro atoms. The monoisotopic (exact) mass is 265 g/mol. The number of cyclic esters (lactones) is 2. The van der Waals surface area contributed by atoms with E-state index in [-0.39, 0.29) is 18.1 Å². The van der Waals surface area contributed by atoms with Gasteiger partial charge in [-0.25, -0.2) is 4.79 Å². The van der Waals surface area contributed by atoms with Gasteiger partial charge in [0.05, 0.1) is 12.6 Å². The highest BCUT2D eigenvalue weighted by Crippen LogP contribution is 2.14. The third-order valence-corrected chi connectivity index (χ3v) is 2.91. The van der Waals surface area contributed by atoms with Crippen molar-refractivity contribution >= 4 is 11.9 Å². The molecule has 1 aliphatic heterocycles. The highest BCUT2D eigenvalue weighted by molar-refractivity contribution is 5.89. The van der Waals surface area contributed by atoms with Crippen LogP contribution < -0.4 is 5.73 Å². The highest BCUT2D eigenvalue weighted by atomic mass is 16.7. The van der Waals surface area contributed by atoms with Gasteiger partial charge in [0.25, 0.3) is 0 Å². The maximum atomic E-state index is 12.0. The molecule has 19 heavy (non-hydrogen) atoms. The molecule has 2 rings (SSSR count). The van der Waals surface area contributed by atoms with Gasteiger partial charge in [0, 0.05) is 6.42 Å². The number of phenols is 1. The van der Waals surface area contributed by atoms with E-state index in [2.05, 4.69) is 4.74 Å². The van der Waals surface area contributed by atoms with Crippen LogP contribution in [0.4, 0.5) is 4.79 Å². The van der Waals surface area contributed by atoms with Crippen LogP contribution >= 0.6 is 0 Å². The second-order valence-corrected chi connectivity index (χ2v) is 4.37. The van der Waals surface area contributed by atoms with Crippen molar-refractivity contribution in [2.45, 2.75) is 25.0 Å². The molecule has 102 valence electrons. The van der Waals surface area contributed by atoms with Crippen LogP contribution in [-0.2, 0) is 20.7 Å². The molecule has 0 aliphatic carbocycles. The third kappa shape index (κ3) is 3.45. The van der Waals surface area contributed by atoms with E-state index >= 15 is 0 Å². The molecule has 0 saturated carbocycles. The molecular formula is C13H15NO5. The Morgan fingerprint density at radius 1 is 1.42 bits per heavy atom. The fourth-order valence-electron chi connectivity index (χ4n) is 1.88. The molecule has 2 atom stereocenters. The summed E-state index contributed by atoms with van der Waals surface area (Å²) < 4.78 is 9.38. The Kier molecular flexibility index (Phi) is 4.01. The lowest BCUT2D eigenvalue weighted by atomic mass is 9.98. The smallest absolute Gasteiger partial charge is 0.508 e. The van der Waals surface area contributed by atoms with E-state index in [9.17, 15) is 9.59 Å². The van der Waals surface area contributed by atoms with E-state index in [4.69, 9.17) is 15.6 Å². The number of hydrogen-bond donors (Lipinski definition) is 2. The molecular weight excluding hydrogens is 250 g/mol. The average Bonchev–Trinajstić information content (AvgIpc) is 2.40. The number of nitrogens with two attached hydrogens (primary N) is 1. The number of hydrogen-bond acceptors (Lipinski definition) is 6. The first-order valence-corrected chi connectivity index (χ1v) is 5.97. The second-order valence-electron chi connectivity index (χ2n) is 4.37. The molecule has 1 unspecified atom stereocenters. The SMILES string of the molecule is N[C@@H](Cc1ccc(O)cc1)C(=O)C1CCOC(=O)O1. The van der Waals surface area contributed by atoms with Gasteiger partial charge < -0.3 is 20.3 Å². The Hall–Kier alpha value is -2.08. The Labute approximate surface area is 110 Å². The lowest BCUT2D eigenvalue weighted by Gasteiger charge is -2.23. The van der Waals surface area contributed by atoms with Crippen molar-refractivity contribution in [3.8, 4) is 5.75 Å². The van der Waals surface area contributed by atoms with Crippen LogP contribution in [-0.4, -0.2) is 35.8 Å². The summed E-state index contributed by atoms with van der Waals surface area (Å²) in [6.45, 7) is 0.168. The molecule has 0 amide bonds. The normalized spacial score (nSPS) is 20.3. The maximum Gasteiger partial charge on any atom is 0.508 e. The molecule has 1 aromatic rings. The first-order valence-electron chi connectivity index (χ1n) is 5.97. The van der Waals surface area contributed by atoms with Crippen molar-refractivity contribution in [1.29, 1.82) is 0 Å². The van der Waals surface area contributed by atoms with Crippen molar-refractivity contribution in [2.75, 3.05) is 6.61 Å². The molecule has 1 heterocycles. The van der Waals surface area contributed by atoms with Gasteiger partial charge in [0.1, 0.15) is 5.75 Å². The summed E-state index contributed by atoms with van der Waals surface area (Å²) in [7, 11) is 0. The lowest BCUT2D eigenvalue weighted by Crippen LogP contribution is -2.44. The van der Waals surface area contributed by atoms with Gasteiger partial charge >= 0.3 is 6.16 Å². The van der Waals surface area contributed by atoms with Crippen molar-refractivity contribution < 1.29 is 24.2 Å². The second kappa shape index (κ2) is 5.71. The first kappa shape index (κ1) is 13.4. The Morgan fingerprint density at radius 3 is 2.74 bits per heavy atom. The van der Waals surface area contributed by atoms with E-state index in [0.717, 1.165) is 5.56 Å². The maximum absolute atomic E-state index is 12.0. The number of rotatable bonds is 4. The molecule has 0 aromatic heterocycles. The summed E-state index contributed by atoms with van der Waals surface area (Å²) in [6, 6.07) is 5.69. The van der Waals surface area contributed by atoms with Crippen LogP contribution in [0.2, 0.25) is 0 Å². The van der Waals surface area contributed by atoms with Gasteiger partial charge in [-0.2, -0.15) is 0 Å². The number of aromatic hydroxyl groups is 1. The minimum absolute atomic E-state index is 0.155. The zero-order valence-corrected chi connectivity index (χ0v) is 10.2. The summed E-state index contributed by atoms with van der Waals surface area (Å²) in [5.41, 5.74) is 6.65. The Balaban J connectivity index is 1.95. The van der Waals surface area contributed by atoms with E-state index in [1.165, 1.54) is 12.1 Å². The minimum atomic E-state index is -0.832. The number of ether oxygens (including phenoxy) is 2. The Bertz CT molecular complexity index is 470. The van der Waals surface area contributed by atoms with Crippen molar-refractivity contribution in [2.24, 2.45) is 5.73 Å². The van der Waals surface area contributed by atoms with Crippen LogP contribution in [0.15, 0.2) is 24.3 Å². The fourth-order valence-corrected chi connectivity index (χ4v) is 1.88. The largest absolute Gasteiger partial charge is 0.508 e. The van der Waals surface area contributed by atoms with Crippen LogP contribution in [0.5, 0.6) is 5.75 Å². The molecule has 3 N–H and O–H groups in total. The molecule has 1 aliphatic rings. The predicted octanol–water partition coefficient (Wildman–Crippen LogP) is 0.757. The Morgan fingerprint density at radius 2 is 2.11 bits per heavy atom. The van der Waals surface area contributed by atoms with Gasteiger partial charge in [-0.1, -0.05) is 12.1 Å². The molecule has 0 radical (unpaired) electrons. The zero-order chi connectivity index (χ0) is 13.8. The van der Waals surface area contributed by atoms with Crippen molar-refractivity contribution in [1.82, 2.24) is 0 Å². The predicted molar refractivity (Wildman–Crippen MR) is 65.6 cm³/mol. The van der Waals surface area contributed by atoms with Crippen LogP contribution in [0.3, 0.4) is 0 Å². The summed E-state index contributed by atoms with van der Waals surface area (Å²) >= 11 is 0. The van der Waals surface area contributed by atoms with E-state index < -0.39 is 18.3 Å². The molecule has 1 saturated heterocycles. The topological polar surface area (TPSA) is 98.9 Å². The quantitative estimate of drug-likeness (QED) is 0.780. The van der Waals surface area contributed by atoms with Gasteiger partial charge in [-0.15, -0.1) is 0 Å². The summed E-state index contributed by atoms with van der Waals surface area (Å²) in [5, 5.41) is 9.16. The highest BCUT2D eigenvalue weighted by Gasteiger charge is 2.31. The third-order valence-electron chi connectivity index (χ3n) is 2.91. The van der Waals surface area contributed by atoms with Gasteiger partial charge in [0.15, 0.2) is 11.9 Å². The number of Topliss-reactive ketones (excluding diaryl/α,β-unsaturated/α-hetero) is 1. The summed E-state index contributed by atoms with van der Waals surface area (Å²) in [4.78, 5) is 22.9. The number of ketones is 1. The molecule has 1 aromatic carbocycles. The number of carbonyl (C=O) groups excluding carboxylic acids is 2. The van der Waals surface area contributed by atoms with Gasteiger partial charge in [-0.05, 0) is 24.1 Å². The minimum Gasteiger partial charge on any atom is -0.508 e. The average molecular weight is 265 g/mol. The van der Waals surface area contributed by atoms with Crippen LogP contribution in [0.25, 0.3) is 0 Å². The molecule has 6 heteroatoms. The van der Waals surface area contributed by atoms with Crippen molar-refractivity contribution in [3.05, 3.63) is 29.8 Å². The van der Waals surface area contributed by atoms with Gasteiger partial charge in [-0.3, -0.25) is 4.79 Å². The number of carbonyl (C=O) groups is 2. The molecule has 0 bridgehead atoms. The van der Waals surface area contributed by atoms with E-state index in [1.54, 1.807) is 12.1 Å². The van der Waals surface area contributed by atoms with Crippen LogP contribution in [0, 0.1) is 0 Å². The summed E-state index contributed by atoms with van der Waals surface area (Å²) in [5.74, 6) is -0.160. The lowest BCUT2D eigenvalue weighted by molar-refractivity contribution is -0.134. The molecule has 6 nitrogen and oxygen atoms in total. The van der Waals surface area contributed by atoms with Gasteiger partial charge in [0.2, 0.25) is 0 Å². The van der Waals surface area contributed by atoms with E-state index in [1.807, 2.05) is 0 Å². The number of benzene rings is 1. The van der Waals surface area contributed by atoms with E-state index in [0.29, 0.717) is 12.8 Å². The fraction of sp³-hybridized carbons (Fsp3) is 0.385. The zero-order valence-electron chi connectivity index (χ0n) is 10.2. The summed E-state index contributed by atoms with van der Waals surface area (Å²) in [6.07, 6.45) is -1.00.